The number of hydrogen-bond donors (Lipinski definition) is 1. The van der Waals surface area contributed by atoms with Crippen molar-refractivity contribution in [2.45, 2.75) is 32.6 Å². The van der Waals surface area contributed by atoms with Crippen molar-refractivity contribution in [3.8, 4) is 5.75 Å². The van der Waals surface area contributed by atoms with Gasteiger partial charge in [-0.15, -0.1) is 0 Å². The molecule has 0 fully saturated rings. The molecular weight excluding hydrogens is 270 g/mol. The molecule has 0 bridgehead atoms. The SMILES string of the molecule is CCCN(CC(=O)O)C(=O)C(CC)c1ccc(OC)cc1. The minimum Gasteiger partial charge on any atom is -0.497 e. The highest BCUT2D eigenvalue weighted by Crippen LogP contribution is 2.24. The summed E-state index contributed by atoms with van der Waals surface area (Å²) < 4.78 is 5.11. The fraction of sp³-hybridized carbons (Fsp3) is 0.500. The zero-order valence-corrected chi connectivity index (χ0v) is 12.8. The van der Waals surface area contributed by atoms with Crippen LogP contribution < -0.4 is 4.74 Å². The molecule has 5 heteroatoms. The number of amides is 1. The van der Waals surface area contributed by atoms with Gasteiger partial charge < -0.3 is 14.7 Å². The molecule has 0 heterocycles. The number of hydrogen-bond acceptors (Lipinski definition) is 3. The molecule has 0 saturated carbocycles. The number of ether oxygens (including phenoxy) is 1. The molecule has 0 saturated heterocycles. The zero-order valence-electron chi connectivity index (χ0n) is 12.8. The number of methoxy groups -OCH3 is 1. The number of carbonyl (C=O) groups excluding carboxylic acids is 1. The molecule has 0 aliphatic heterocycles. The maximum atomic E-state index is 12.6. The first-order valence-electron chi connectivity index (χ1n) is 7.18. The Hall–Kier alpha value is -2.04. The first-order chi connectivity index (χ1) is 10.0. The van der Waals surface area contributed by atoms with E-state index in [2.05, 4.69) is 0 Å². The monoisotopic (exact) mass is 293 g/mol. The Morgan fingerprint density at radius 3 is 2.29 bits per heavy atom. The van der Waals surface area contributed by atoms with E-state index in [0.717, 1.165) is 17.7 Å². The minimum absolute atomic E-state index is 0.132. The number of nitrogens with zero attached hydrogens (tertiary/aromatic N) is 1. The van der Waals surface area contributed by atoms with Crippen molar-refractivity contribution in [3.63, 3.8) is 0 Å². The molecule has 0 aliphatic rings. The third kappa shape index (κ3) is 4.77. The van der Waals surface area contributed by atoms with Gasteiger partial charge in [0.15, 0.2) is 0 Å². The van der Waals surface area contributed by atoms with Crippen LogP contribution >= 0.6 is 0 Å². The van der Waals surface area contributed by atoms with E-state index < -0.39 is 5.97 Å². The summed E-state index contributed by atoms with van der Waals surface area (Å²) in [6.07, 6.45) is 1.36. The lowest BCUT2D eigenvalue weighted by atomic mass is 9.94. The third-order valence-electron chi connectivity index (χ3n) is 3.36. The number of carboxylic acid groups (broad SMARTS) is 1. The van der Waals surface area contributed by atoms with Gasteiger partial charge >= 0.3 is 5.97 Å². The van der Waals surface area contributed by atoms with Gasteiger partial charge in [0, 0.05) is 6.54 Å². The van der Waals surface area contributed by atoms with Crippen LogP contribution in [0.4, 0.5) is 0 Å². The van der Waals surface area contributed by atoms with Gasteiger partial charge in [-0.3, -0.25) is 9.59 Å². The molecule has 116 valence electrons. The summed E-state index contributed by atoms with van der Waals surface area (Å²) in [5, 5.41) is 8.94. The van der Waals surface area contributed by atoms with Gasteiger partial charge in [-0.1, -0.05) is 26.0 Å². The Morgan fingerprint density at radius 1 is 1.24 bits per heavy atom. The van der Waals surface area contributed by atoms with Crippen molar-refractivity contribution in [1.82, 2.24) is 4.90 Å². The second-order valence-electron chi connectivity index (χ2n) is 4.89. The van der Waals surface area contributed by atoms with E-state index in [-0.39, 0.29) is 18.4 Å². The number of rotatable bonds is 8. The van der Waals surface area contributed by atoms with Crippen LogP contribution in [0.5, 0.6) is 5.75 Å². The Morgan fingerprint density at radius 2 is 1.86 bits per heavy atom. The van der Waals surface area contributed by atoms with E-state index in [4.69, 9.17) is 9.84 Å². The molecule has 21 heavy (non-hydrogen) atoms. The Balaban J connectivity index is 2.93. The van der Waals surface area contributed by atoms with Gasteiger partial charge in [0.1, 0.15) is 12.3 Å². The lowest BCUT2D eigenvalue weighted by Gasteiger charge is -2.25. The van der Waals surface area contributed by atoms with Crippen LogP contribution in [0, 0.1) is 0 Å². The van der Waals surface area contributed by atoms with E-state index in [9.17, 15) is 9.59 Å². The molecule has 1 atom stereocenters. The number of carboxylic acids is 1. The van der Waals surface area contributed by atoms with Crippen LogP contribution in [0.3, 0.4) is 0 Å². The van der Waals surface area contributed by atoms with Crippen LogP contribution in [-0.4, -0.2) is 42.1 Å². The first-order valence-corrected chi connectivity index (χ1v) is 7.18. The minimum atomic E-state index is -0.985. The van der Waals surface area contributed by atoms with Gasteiger partial charge in [-0.05, 0) is 30.5 Å². The predicted octanol–water partition coefficient (Wildman–Crippen LogP) is 2.51. The first kappa shape index (κ1) is 17.0. The Labute approximate surface area is 125 Å². The van der Waals surface area contributed by atoms with Crippen molar-refractivity contribution >= 4 is 11.9 Å². The average molecular weight is 293 g/mol. The molecule has 1 aromatic rings. The molecule has 0 spiro atoms. The Bertz CT molecular complexity index is 470. The van der Waals surface area contributed by atoms with Crippen LogP contribution in [0.15, 0.2) is 24.3 Å². The largest absolute Gasteiger partial charge is 0.497 e. The molecule has 1 unspecified atom stereocenters. The van der Waals surface area contributed by atoms with Crippen molar-refractivity contribution in [3.05, 3.63) is 29.8 Å². The molecule has 0 aromatic heterocycles. The van der Waals surface area contributed by atoms with Crippen molar-refractivity contribution in [2.75, 3.05) is 20.2 Å². The molecule has 0 radical (unpaired) electrons. The van der Waals surface area contributed by atoms with Gasteiger partial charge in [0.2, 0.25) is 5.91 Å². The topological polar surface area (TPSA) is 66.8 Å². The molecule has 1 N–H and O–H groups in total. The predicted molar refractivity (Wildman–Crippen MR) is 80.5 cm³/mol. The van der Waals surface area contributed by atoms with E-state index >= 15 is 0 Å². The lowest BCUT2D eigenvalue weighted by molar-refractivity contribution is -0.145. The lowest BCUT2D eigenvalue weighted by Crippen LogP contribution is -2.39. The molecule has 1 rings (SSSR count). The summed E-state index contributed by atoms with van der Waals surface area (Å²) in [5.41, 5.74) is 0.884. The average Bonchev–Trinajstić information content (AvgIpc) is 2.47. The third-order valence-corrected chi connectivity index (χ3v) is 3.36. The van der Waals surface area contributed by atoms with Crippen molar-refractivity contribution < 1.29 is 19.4 Å². The van der Waals surface area contributed by atoms with Crippen LogP contribution in [-0.2, 0) is 9.59 Å². The van der Waals surface area contributed by atoms with Crippen molar-refractivity contribution in [2.24, 2.45) is 0 Å². The number of aliphatic carboxylic acids is 1. The molecule has 5 nitrogen and oxygen atoms in total. The molecule has 1 amide bonds. The fourth-order valence-corrected chi connectivity index (χ4v) is 2.31. The van der Waals surface area contributed by atoms with E-state index in [1.54, 1.807) is 7.11 Å². The summed E-state index contributed by atoms with van der Waals surface area (Å²) in [6.45, 7) is 4.06. The van der Waals surface area contributed by atoms with Crippen molar-refractivity contribution in [1.29, 1.82) is 0 Å². The maximum Gasteiger partial charge on any atom is 0.323 e. The smallest absolute Gasteiger partial charge is 0.323 e. The molecular formula is C16H23NO4. The van der Waals surface area contributed by atoms with Gasteiger partial charge in [-0.25, -0.2) is 0 Å². The normalized spacial score (nSPS) is 11.8. The summed E-state index contributed by atoms with van der Waals surface area (Å²) in [4.78, 5) is 24.9. The molecule has 1 aromatic carbocycles. The van der Waals surface area contributed by atoms with Gasteiger partial charge in [-0.2, -0.15) is 0 Å². The van der Waals surface area contributed by atoms with Crippen LogP contribution in [0.25, 0.3) is 0 Å². The van der Waals surface area contributed by atoms with Gasteiger partial charge in [0.05, 0.1) is 13.0 Å². The highest BCUT2D eigenvalue weighted by molar-refractivity contribution is 5.86. The Kier molecular flexibility index (Phi) is 6.72. The van der Waals surface area contributed by atoms with Crippen LogP contribution in [0.1, 0.15) is 38.2 Å². The van der Waals surface area contributed by atoms with E-state index in [1.807, 2.05) is 38.1 Å². The van der Waals surface area contributed by atoms with E-state index in [1.165, 1.54) is 4.90 Å². The quantitative estimate of drug-likeness (QED) is 0.799. The fourth-order valence-electron chi connectivity index (χ4n) is 2.31. The zero-order chi connectivity index (χ0) is 15.8. The maximum absolute atomic E-state index is 12.6. The van der Waals surface area contributed by atoms with E-state index in [0.29, 0.717) is 13.0 Å². The summed E-state index contributed by atoms with van der Waals surface area (Å²) in [6, 6.07) is 7.34. The standard InChI is InChI=1S/C16H23NO4/c1-4-10-17(11-15(18)19)16(20)14(5-2)12-6-8-13(21-3)9-7-12/h6-9,14H,4-5,10-11H2,1-3H3,(H,18,19). The summed E-state index contributed by atoms with van der Waals surface area (Å²) in [5.74, 6) is -0.702. The summed E-state index contributed by atoms with van der Waals surface area (Å²) >= 11 is 0. The number of carbonyl (C=O) groups is 2. The number of benzene rings is 1. The second kappa shape index (κ2) is 8.29. The highest BCUT2D eigenvalue weighted by atomic mass is 16.5. The van der Waals surface area contributed by atoms with Crippen LogP contribution in [0.2, 0.25) is 0 Å². The second-order valence-corrected chi connectivity index (χ2v) is 4.89. The summed E-state index contributed by atoms with van der Waals surface area (Å²) in [7, 11) is 1.59. The molecule has 0 aliphatic carbocycles. The van der Waals surface area contributed by atoms with Gasteiger partial charge in [0.25, 0.3) is 0 Å². The highest BCUT2D eigenvalue weighted by Gasteiger charge is 2.25.